The number of hydrogen-bond acceptors (Lipinski definition) is 7. The van der Waals surface area contributed by atoms with E-state index in [2.05, 4.69) is 10.3 Å². The first-order valence-electron chi connectivity index (χ1n) is 10.8. The molecule has 0 unspecified atom stereocenters. The fourth-order valence-electron chi connectivity index (χ4n) is 3.67. The fourth-order valence-corrected chi connectivity index (χ4v) is 5.87. The molecular formula is C24H25N3O5S2. The van der Waals surface area contributed by atoms with Crippen LogP contribution in [0.3, 0.4) is 0 Å². The number of carbonyl (C=O) groups excluding carboxylic acids is 2. The second kappa shape index (κ2) is 10.2. The highest BCUT2D eigenvalue weighted by atomic mass is 32.2. The minimum atomic E-state index is -3.59. The quantitative estimate of drug-likeness (QED) is 0.392. The van der Waals surface area contributed by atoms with Gasteiger partial charge in [-0.05, 0) is 55.8 Å². The van der Waals surface area contributed by atoms with E-state index >= 15 is 0 Å². The predicted octanol–water partition coefficient (Wildman–Crippen LogP) is 3.50. The third-order valence-electron chi connectivity index (χ3n) is 5.48. The van der Waals surface area contributed by atoms with Gasteiger partial charge in [0.05, 0.1) is 34.4 Å². The Bertz CT molecular complexity index is 1350. The number of morpholine rings is 1. The Balaban J connectivity index is 1.47. The molecule has 3 aromatic rings. The average Bonchev–Trinajstić information content (AvgIpc) is 2.83. The lowest BCUT2D eigenvalue weighted by Gasteiger charge is -2.26. The van der Waals surface area contributed by atoms with E-state index in [1.165, 1.54) is 23.0 Å². The van der Waals surface area contributed by atoms with Gasteiger partial charge in [-0.3, -0.25) is 9.59 Å². The first-order chi connectivity index (χ1) is 16.2. The Morgan fingerprint density at radius 1 is 1.12 bits per heavy atom. The van der Waals surface area contributed by atoms with Crippen LogP contribution in [0.1, 0.15) is 22.8 Å². The van der Waals surface area contributed by atoms with Crippen molar-refractivity contribution < 1.29 is 22.7 Å². The van der Waals surface area contributed by atoms with Gasteiger partial charge in [0.25, 0.3) is 0 Å². The number of anilines is 1. The number of hydrogen-bond donors (Lipinski definition) is 1. The van der Waals surface area contributed by atoms with E-state index in [4.69, 9.17) is 4.74 Å². The summed E-state index contributed by atoms with van der Waals surface area (Å²) < 4.78 is 32.7. The Kier molecular flexibility index (Phi) is 7.32. The summed E-state index contributed by atoms with van der Waals surface area (Å²) in [5.41, 5.74) is 2.64. The minimum absolute atomic E-state index is 0.0674. The van der Waals surface area contributed by atoms with Crippen LogP contribution >= 0.6 is 11.8 Å². The van der Waals surface area contributed by atoms with Crippen LogP contribution in [0.5, 0.6) is 0 Å². The monoisotopic (exact) mass is 499 g/mol. The molecule has 2 aromatic carbocycles. The number of ketones is 1. The number of nitrogens with zero attached hydrogens (tertiary/aromatic N) is 2. The first kappa shape index (κ1) is 24.3. The first-order valence-corrected chi connectivity index (χ1v) is 13.2. The number of Topliss-reactive ketones (excluding diaryl/α,β-unsaturated/α-hetero) is 1. The molecule has 8 nitrogen and oxygen atoms in total. The summed E-state index contributed by atoms with van der Waals surface area (Å²) in [5.74, 6) is -0.134. The van der Waals surface area contributed by atoms with Crippen LogP contribution in [0.15, 0.2) is 58.5 Å². The number of aryl methyl sites for hydroxylation is 1. The number of carbonyl (C=O) groups is 2. The van der Waals surface area contributed by atoms with E-state index in [1.54, 1.807) is 42.5 Å². The highest BCUT2D eigenvalue weighted by Crippen LogP contribution is 2.27. The fraction of sp³-hybridized carbons (Fsp3) is 0.292. The molecule has 2 heterocycles. The molecule has 1 saturated heterocycles. The number of fused-ring (bicyclic) bond motifs is 1. The van der Waals surface area contributed by atoms with E-state index in [9.17, 15) is 18.0 Å². The zero-order chi connectivity index (χ0) is 24.3. The molecule has 0 bridgehead atoms. The largest absolute Gasteiger partial charge is 0.379 e. The molecule has 1 aliphatic rings. The van der Waals surface area contributed by atoms with E-state index < -0.39 is 10.0 Å². The molecule has 1 aromatic heterocycles. The molecule has 0 atom stereocenters. The van der Waals surface area contributed by atoms with E-state index in [-0.39, 0.29) is 22.3 Å². The number of benzene rings is 2. The van der Waals surface area contributed by atoms with Crippen molar-refractivity contribution in [1.82, 2.24) is 9.29 Å². The SMILES string of the molecule is CC(=O)c1cccc(NC(=O)CSc2cc(C)c3cc(S(=O)(=O)N4CCOCC4)ccc3n2)c1. The molecule has 178 valence electrons. The molecule has 0 saturated carbocycles. The van der Waals surface area contributed by atoms with Crippen LogP contribution < -0.4 is 5.32 Å². The Labute approximate surface area is 202 Å². The van der Waals surface area contributed by atoms with Crippen molar-refractivity contribution in [1.29, 1.82) is 0 Å². The number of ether oxygens (including phenoxy) is 1. The molecule has 0 spiro atoms. The van der Waals surface area contributed by atoms with Gasteiger partial charge in [-0.25, -0.2) is 13.4 Å². The maximum absolute atomic E-state index is 13.0. The Hall–Kier alpha value is -2.79. The van der Waals surface area contributed by atoms with E-state index in [0.29, 0.717) is 48.1 Å². The van der Waals surface area contributed by atoms with Gasteiger partial charge in [-0.1, -0.05) is 23.9 Å². The van der Waals surface area contributed by atoms with Crippen molar-refractivity contribution in [2.75, 3.05) is 37.4 Å². The maximum Gasteiger partial charge on any atom is 0.243 e. The lowest BCUT2D eigenvalue weighted by atomic mass is 10.1. The van der Waals surface area contributed by atoms with Crippen molar-refractivity contribution in [2.45, 2.75) is 23.8 Å². The highest BCUT2D eigenvalue weighted by Gasteiger charge is 2.26. The van der Waals surface area contributed by atoms with Gasteiger partial charge < -0.3 is 10.1 Å². The number of amides is 1. The van der Waals surface area contributed by atoms with Crippen LogP contribution in [-0.2, 0) is 19.6 Å². The topological polar surface area (TPSA) is 106 Å². The van der Waals surface area contributed by atoms with E-state index in [0.717, 1.165) is 10.9 Å². The number of pyridine rings is 1. The van der Waals surface area contributed by atoms with Crippen LogP contribution in [-0.4, -0.2) is 61.5 Å². The third kappa shape index (κ3) is 5.47. The van der Waals surface area contributed by atoms with Gasteiger partial charge in [0.2, 0.25) is 15.9 Å². The average molecular weight is 500 g/mol. The number of sulfonamides is 1. The molecule has 0 aliphatic carbocycles. The summed E-state index contributed by atoms with van der Waals surface area (Å²) in [5, 5.41) is 4.22. The van der Waals surface area contributed by atoms with Crippen LogP contribution in [0.2, 0.25) is 0 Å². The lowest BCUT2D eigenvalue weighted by molar-refractivity contribution is -0.113. The molecule has 1 fully saturated rings. The number of thioether (sulfide) groups is 1. The molecule has 34 heavy (non-hydrogen) atoms. The smallest absolute Gasteiger partial charge is 0.243 e. The van der Waals surface area contributed by atoms with Crippen LogP contribution in [0.25, 0.3) is 10.9 Å². The number of nitrogens with one attached hydrogen (secondary N) is 1. The van der Waals surface area contributed by atoms with Crippen LogP contribution in [0, 0.1) is 6.92 Å². The summed E-state index contributed by atoms with van der Waals surface area (Å²) in [4.78, 5) is 28.8. The van der Waals surface area contributed by atoms with Gasteiger partial charge in [0.15, 0.2) is 5.78 Å². The van der Waals surface area contributed by atoms with Crippen molar-refractivity contribution in [3.63, 3.8) is 0 Å². The summed E-state index contributed by atoms with van der Waals surface area (Å²) in [6, 6.07) is 13.6. The Morgan fingerprint density at radius 2 is 1.88 bits per heavy atom. The summed E-state index contributed by atoms with van der Waals surface area (Å²) in [7, 11) is -3.59. The molecule has 4 rings (SSSR count). The summed E-state index contributed by atoms with van der Waals surface area (Å²) in [6.07, 6.45) is 0. The summed E-state index contributed by atoms with van der Waals surface area (Å²) >= 11 is 1.29. The van der Waals surface area contributed by atoms with Crippen LogP contribution in [0.4, 0.5) is 5.69 Å². The van der Waals surface area contributed by atoms with Crippen molar-refractivity contribution in [3.8, 4) is 0 Å². The second-order valence-corrected chi connectivity index (χ2v) is 10.9. The molecule has 1 amide bonds. The molecule has 10 heteroatoms. The van der Waals surface area contributed by atoms with Gasteiger partial charge >= 0.3 is 0 Å². The molecule has 1 N–H and O–H groups in total. The maximum atomic E-state index is 13.0. The van der Waals surface area contributed by atoms with Crippen molar-refractivity contribution in [3.05, 3.63) is 59.7 Å². The zero-order valence-electron chi connectivity index (χ0n) is 18.9. The van der Waals surface area contributed by atoms with E-state index in [1.807, 2.05) is 13.0 Å². The highest BCUT2D eigenvalue weighted by molar-refractivity contribution is 7.99. The minimum Gasteiger partial charge on any atom is -0.379 e. The molecule has 1 aliphatic heterocycles. The zero-order valence-corrected chi connectivity index (χ0v) is 20.5. The number of rotatable bonds is 7. The Morgan fingerprint density at radius 3 is 2.62 bits per heavy atom. The number of aromatic nitrogens is 1. The van der Waals surface area contributed by atoms with Gasteiger partial charge in [-0.15, -0.1) is 0 Å². The second-order valence-electron chi connectivity index (χ2n) is 7.95. The molecule has 0 radical (unpaired) electrons. The van der Waals surface area contributed by atoms with Gasteiger partial charge in [0, 0.05) is 29.7 Å². The normalized spacial score (nSPS) is 14.8. The standard InChI is InChI=1S/C24H25N3O5S2/c1-16-12-24(33-15-23(29)25-19-5-3-4-18(13-19)17(2)28)26-22-7-6-20(14-21(16)22)34(30,31)27-8-10-32-11-9-27/h3-7,12-14H,8-11,15H2,1-2H3,(H,25,29). The molecular weight excluding hydrogens is 474 g/mol. The third-order valence-corrected chi connectivity index (χ3v) is 8.28. The van der Waals surface area contributed by atoms with Crippen molar-refractivity contribution >= 4 is 50.1 Å². The van der Waals surface area contributed by atoms with Crippen molar-refractivity contribution in [2.24, 2.45) is 0 Å². The predicted molar refractivity (Wildman–Crippen MR) is 132 cm³/mol. The van der Waals surface area contributed by atoms with Gasteiger partial charge in [-0.2, -0.15) is 4.31 Å². The van der Waals surface area contributed by atoms with Gasteiger partial charge in [0.1, 0.15) is 0 Å². The lowest BCUT2D eigenvalue weighted by Crippen LogP contribution is -2.40. The summed E-state index contributed by atoms with van der Waals surface area (Å²) in [6.45, 7) is 4.84.